The van der Waals surface area contributed by atoms with Crippen LogP contribution >= 0.6 is 0 Å². The summed E-state index contributed by atoms with van der Waals surface area (Å²) < 4.78 is 18.7. The van der Waals surface area contributed by atoms with E-state index in [1.54, 1.807) is 13.2 Å². The van der Waals surface area contributed by atoms with Gasteiger partial charge in [0.2, 0.25) is 0 Å². The molecule has 19 heavy (non-hydrogen) atoms. The summed E-state index contributed by atoms with van der Waals surface area (Å²) in [6, 6.07) is 14.1. The number of methoxy groups -OCH3 is 1. The molecule has 2 aromatic rings. The van der Waals surface area contributed by atoms with Crippen LogP contribution in [0.2, 0.25) is 0 Å². The number of halogens is 1. The molecule has 0 heterocycles. The molecule has 0 radical (unpaired) electrons. The first-order valence-corrected chi connectivity index (χ1v) is 6.23. The molecule has 2 rings (SSSR count). The van der Waals surface area contributed by atoms with Gasteiger partial charge in [0.1, 0.15) is 11.9 Å². The van der Waals surface area contributed by atoms with Crippen molar-refractivity contribution < 1.29 is 9.13 Å². The number of rotatable bonds is 4. The van der Waals surface area contributed by atoms with E-state index in [1.807, 2.05) is 37.3 Å². The summed E-state index contributed by atoms with van der Waals surface area (Å²) in [4.78, 5) is 0. The van der Waals surface area contributed by atoms with E-state index < -0.39 is 0 Å². The van der Waals surface area contributed by atoms with Crippen molar-refractivity contribution >= 4 is 0 Å². The molecule has 2 unspecified atom stereocenters. The summed E-state index contributed by atoms with van der Waals surface area (Å²) in [5, 5.41) is 0. The molecule has 0 fully saturated rings. The second-order valence-corrected chi connectivity index (χ2v) is 4.59. The Kier molecular flexibility index (Phi) is 4.30. The molecule has 100 valence electrons. The van der Waals surface area contributed by atoms with Crippen LogP contribution in [0.25, 0.3) is 0 Å². The number of hydrogen-bond donors (Lipinski definition) is 1. The molecule has 3 heteroatoms. The molecule has 2 nitrogen and oxygen atoms in total. The third-order valence-corrected chi connectivity index (χ3v) is 3.30. The van der Waals surface area contributed by atoms with Crippen molar-refractivity contribution in [3.63, 3.8) is 0 Å². The first-order chi connectivity index (χ1) is 9.13. The van der Waals surface area contributed by atoms with E-state index >= 15 is 0 Å². The van der Waals surface area contributed by atoms with Gasteiger partial charge in [0, 0.05) is 7.11 Å². The maximum absolute atomic E-state index is 13.1. The van der Waals surface area contributed by atoms with Crippen molar-refractivity contribution in [3.8, 4) is 0 Å². The van der Waals surface area contributed by atoms with Gasteiger partial charge in [-0.1, -0.05) is 36.4 Å². The highest BCUT2D eigenvalue weighted by molar-refractivity contribution is 5.32. The molecular formula is C16H18FNO. The average Bonchev–Trinajstić information content (AvgIpc) is 2.40. The second kappa shape index (κ2) is 5.95. The molecular weight excluding hydrogens is 241 g/mol. The van der Waals surface area contributed by atoms with Gasteiger partial charge in [-0.25, -0.2) is 4.39 Å². The fourth-order valence-corrected chi connectivity index (χ4v) is 2.31. The Morgan fingerprint density at radius 2 is 1.79 bits per heavy atom. The number of ether oxygens (including phenoxy) is 1. The van der Waals surface area contributed by atoms with E-state index in [4.69, 9.17) is 10.5 Å². The summed E-state index contributed by atoms with van der Waals surface area (Å²) in [5.74, 6) is -0.248. The molecule has 0 amide bonds. The van der Waals surface area contributed by atoms with E-state index in [0.717, 1.165) is 16.7 Å². The lowest BCUT2D eigenvalue weighted by Gasteiger charge is -2.24. The fraction of sp³-hybridized carbons (Fsp3) is 0.250. The maximum atomic E-state index is 13.1. The second-order valence-electron chi connectivity index (χ2n) is 4.59. The Balaban J connectivity index is 2.33. The lowest BCUT2D eigenvalue weighted by molar-refractivity contribution is 0.0800. The normalized spacial score (nSPS) is 14.1. The SMILES string of the molecule is COC(c1ccccc1)C(N)c1ccc(F)cc1C. The molecule has 0 aliphatic heterocycles. The van der Waals surface area contributed by atoms with Crippen molar-refractivity contribution in [2.75, 3.05) is 7.11 Å². The summed E-state index contributed by atoms with van der Waals surface area (Å²) >= 11 is 0. The zero-order valence-corrected chi connectivity index (χ0v) is 11.1. The van der Waals surface area contributed by atoms with Crippen LogP contribution in [-0.2, 0) is 4.74 Å². The van der Waals surface area contributed by atoms with Gasteiger partial charge in [-0.3, -0.25) is 0 Å². The van der Waals surface area contributed by atoms with Crippen LogP contribution < -0.4 is 5.73 Å². The highest BCUT2D eigenvalue weighted by Gasteiger charge is 2.22. The van der Waals surface area contributed by atoms with Crippen LogP contribution in [0.15, 0.2) is 48.5 Å². The van der Waals surface area contributed by atoms with Crippen molar-refractivity contribution in [1.82, 2.24) is 0 Å². The maximum Gasteiger partial charge on any atom is 0.123 e. The number of benzene rings is 2. The zero-order valence-electron chi connectivity index (χ0n) is 11.1. The van der Waals surface area contributed by atoms with Crippen LogP contribution in [0.1, 0.15) is 28.8 Å². The summed E-state index contributed by atoms with van der Waals surface area (Å²) in [7, 11) is 1.64. The highest BCUT2D eigenvalue weighted by atomic mass is 19.1. The number of nitrogens with two attached hydrogens (primary N) is 1. The molecule has 2 aromatic carbocycles. The van der Waals surface area contributed by atoms with Gasteiger partial charge in [0.25, 0.3) is 0 Å². The topological polar surface area (TPSA) is 35.2 Å². The average molecular weight is 259 g/mol. The number of aryl methyl sites for hydroxylation is 1. The molecule has 0 bridgehead atoms. The van der Waals surface area contributed by atoms with Crippen molar-refractivity contribution in [2.24, 2.45) is 5.73 Å². The highest BCUT2D eigenvalue weighted by Crippen LogP contribution is 2.31. The lowest BCUT2D eigenvalue weighted by atomic mass is 9.93. The first-order valence-electron chi connectivity index (χ1n) is 6.23. The predicted octanol–water partition coefficient (Wildman–Crippen LogP) is 3.52. The van der Waals surface area contributed by atoms with Crippen LogP contribution in [0.4, 0.5) is 4.39 Å². The van der Waals surface area contributed by atoms with Crippen molar-refractivity contribution in [1.29, 1.82) is 0 Å². The molecule has 0 saturated heterocycles. The van der Waals surface area contributed by atoms with Gasteiger partial charge in [-0.15, -0.1) is 0 Å². The van der Waals surface area contributed by atoms with Gasteiger partial charge < -0.3 is 10.5 Å². The molecule has 0 aromatic heterocycles. The molecule has 0 aliphatic rings. The molecule has 2 atom stereocenters. The fourth-order valence-electron chi connectivity index (χ4n) is 2.31. The van der Waals surface area contributed by atoms with Gasteiger partial charge in [-0.2, -0.15) is 0 Å². The van der Waals surface area contributed by atoms with Crippen LogP contribution in [0, 0.1) is 12.7 Å². The van der Waals surface area contributed by atoms with E-state index in [-0.39, 0.29) is 18.0 Å². The van der Waals surface area contributed by atoms with E-state index in [1.165, 1.54) is 12.1 Å². The quantitative estimate of drug-likeness (QED) is 0.911. The minimum Gasteiger partial charge on any atom is -0.375 e. The Morgan fingerprint density at radius 1 is 1.11 bits per heavy atom. The van der Waals surface area contributed by atoms with E-state index in [9.17, 15) is 4.39 Å². The summed E-state index contributed by atoms with van der Waals surface area (Å²) in [6.45, 7) is 1.86. The summed E-state index contributed by atoms with van der Waals surface area (Å²) in [6.07, 6.45) is -0.245. The third kappa shape index (κ3) is 3.00. The molecule has 0 aliphatic carbocycles. The zero-order chi connectivity index (χ0) is 13.8. The van der Waals surface area contributed by atoms with Crippen LogP contribution in [-0.4, -0.2) is 7.11 Å². The van der Waals surface area contributed by atoms with E-state index in [0.29, 0.717) is 0 Å². The summed E-state index contributed by atoms with van der Waals surface area (Å²) in [5.41, 5.74) is 9.04. The van der Waals surface area contributed by atoms with Crippen molar-refractivity contribution in [3.05, 3.63) is 71.0 Å². The van der Waals surface area contributed by atoms with Gasteiger partial charge in [0.05, 0.1) is 6.04 Å². The predicted molar refractivity (Wildman–Crippen MR) is 74.3 cm³/mol. The van der Waals surface area contributed by atoms with Gasteiger partial charge in [-0.05, 0) is 35.7 Å². The van der Waals surface area contributed by atoms with E-state index in [2.05, 4.69) is 0 Å². The van der Waals surface area contributed by atoms with Crippen LogP contribution in [0.5, 0.6) is 0 Å². The Hall–Kier alpha value is -1.71. The van der Waals surface area contributed by atoms with Crippen LogP contribution in [0.3, 0.4) is 0 Å². The molecule has 0 spiro atoms. The smallest absolute Gasteiger partial charge is 0.123 e. The minimum absolute atomic E-state index is 0.245. The molecule has 2 N–H and O–H groups in total. The lowest BCUT2D eigenvalue weighted by Crippen LogP contribution is -2.22. The largest absolute Gasteiger partial charge is 0.375 e. The standard InChI is InChI=1S/C16H18FNO/c1-11-10-13(17)8-9-14(11)15(18)16(19-2)12-6-4-3-5-7-12/h3-10,15-16H,18H2,1-2H3. The minimum atomic E-state index is -0.326. The van der Waals surface area contributed by atoms with Gasteiger partial charge in [0.15, 0.2) is 0 Å². The first kappa shape index (κ1) is 13.7. The third-order valence-electron chi connectivity index (χ3n) is 3.30. The monoisotopic (exact) mass is 259 g/mol. The number of hydrogen-bond acceptors (Lipinski definition) is 2. The Bertz CT molecular complexity index is 542. The Morgan fingerprint density at radius 3 is 2.37 bits per heavy atom. The van der Waals surface area contributed by atoms with Gasteiger partial charge >= 0.3 is 0 Å². The van der Waals surface area contributed by atoms with Crippen molar-refractivity contribution in [2.45, 2.75) is 19.1 Å². The molecule has 0 saturated carbocycles. The Labute approximate surface area is 113 Å².